The number of nitrogens with one attached hydrogen (secondary N) is 1. The molecule has 0 bridgehead atoms. The highest BCUT2D eigenvalue weighted by atomic mass is 16.5. The lowest BCUT2D eigenvalue weighted by Gasteiger charge is -2.41. The fraction of sp³-hybridized carbons (Fsp3) is 0.650. The number of amides is 1. The number of piperidine rings is 2. The zero-order chi connectivity index (χ0) is 18.5. The van der Waals surface area contributed by atoms with E-state index in [-0.39, 0.29) is 11.9 Å². The molecule has 26 heavy (non-hydrogen) atoms. The number of carbonyl (C=O) groups excluding carboxylic acids is 1. The van der Waals surface area contributed by atoms with Gasteiger partial charge in [0.25, 0.3) is 5.91 Å². The zero-order valence-corrected chi connectivity index (χ0v) is 16.2. The third-order valence-electron chi connectivity index (χ3n) is 5.64. The van der Waals surface area contributed by atoms with Crippen molar-refractivity contribution >= 4 is 5.91 Å². The Labute approximate surface area is 156 Å². The topological polar surface area (TPSA) is 54.0 Å². The number of hydrogen-bond acceptors (Lipinski definition) is 5. The summed E-state index contributed by atoms with van der Waals surface area (Å²) < 4.78 is 10.6. The van der Waals surface area contributed by atoms with Gasteiger partial charge < -0.3 is 19.7 Å². The fourth-order valence-corrected chi connectivity index (χ4v) is 4.07. The first-order valence-corrected chi connectivity index (χ1v) is 9.56. The summed E-state index contributed by atoms with van der Waals surface area (Å²) in [4.78, 5) is 17.8. The minimum Gasteiger partial charge on any atom is -0.497 e. The van der Waals surface area contributed by atoms with Gasteiger partial charge in [-0.1, -0.05) is 0 Å². The van der Waals surface area contributed by atoms with Crippen LogP contribution in [0.1, 0.15) is 36.0 Å². The molecule has 144 valence electrons. The Balaban J connectivity index is 1.62. The van der Waals surface area contributed by atoms with E-state index in [1.54, 1.807) is 32.4 Å². The van der Waals surface area contributed by atoms with E-state index in [0.717, 1.165) is 25.9 Å². The molecule has 2 aliphatic heterocycles. The minimum absolute atomic E-state index is 0.0871. The van der Waals surface area contributed by atoms with Gasteiger partial charge in [0, 0.05) is 18.6 Å². The quantitative estimate of drug-likeness (QED) is 0.869. The van der Waals surface area contributed by atoms with E-state index in [1.807, 2.05) is 0 Å². The van der Waals surface area contributed by atoms with E-state index in [2.05, 4.69) is 22.2 Å². The molecule has 1 atom stereocenters. The number of hydrogen-bond donors (Lipinski definition) is 1. The maximum atomic E-state index is 12.8. The molecular formula is C20H31N3O3. The molecule has 6 nitrogen and oxygen atoms in total. The smallest absolute Gasteiger partial charge is 0.255 e. The van der Waals surface area contributed by atoms with Crippen LogP contribution in [0.3, 0.4) is 0 Å². The third kappa shape index (κ3) is 4.48. The molecule has 0 saturated carbocycles. The number of ether oxygens (including phenoxy) is 2. The first kappa shape index (κ1) is 19.0. The summed E-state index contributed by atoms with van der Waals surface area (Å²) >= 11 is 0. The number of benzene rings is 1. The Morgan fingerprint density at radius 3 is 2.58 bits per heavy atom. The van der Waals surface area contributed by atoms with Gasteiger partial charge in [0.05, 0.1) is 19.8 Å². The van der Waals surface area contributed by atoms with Crippen LogP contribution in [-0.2, 0) is 0 Å². The number of likely N-dealkylation sites (tertiary alicyclic amines) is 2. The Kier molecular flexibility index (Phi) is 6.38. The van der Waals surface area contributed by atoms with Crippen LogP contribution in [-0.4, -0.2) is 75.2 Å². The summed E-state index contributed by atoms with van der Waals surface area (Å²) in [7, 11) is 5.38. The molecule has 0 aliphatic carbocycles. The Bertz CT molecular complexity index is 614. The van der Waals surface area contributed by atoms with Crippen molar-refractivity contribution in [2.24, 2.45) is 0 Å². The highest BCUT2D eigenvalue weighted by Crippen LogP contribution is 2.25. The van der Waals surface area contributed by atoms with Crippen molar-refractivity contribution in [2.45, 2.75) is 37.8 Å². The molecule has 6 heteroatoms. The average Bonchev–Trinajstić information content (AvgIpc) is 2.68. The Morgan fingerprint density at radius 1 is 1.12 bits per heavy atom. The summed E-state index contributed by atoms with van der Waals surface area (Å²) in [5.74, 6) is 1.15. The first-order chi connectivity index (χ1) is 12.6. The molecule has 3 rings (SSSR count). The molecular weight excluding hydrogens is 330 g/mol. The maximum absolute atomic E-state index is 12.8. The standard InChI is InChI=1S/C20H31N3O3/c1-22-11-8-16(9-12-22)23-10-4-5-15(14-23)21-20(24)18-13-17(25-2)6-7-19(18)26-3/h6-7,13,15-16H,4-5,8-12,14H2,1-3H3,(H,21,24)/t15-/m1/s1. The van der Waals surface area contributed by atoms with Crippen LogP contribution in [0.4, 0.5) is 0 Å². The molecule has 1 amide bonds. The van der Waals surface area contributed by atoms with Gasteiger partial charge in [0.2, 0.25) is 0 Å². The van der Waals surface area contributed by atoms with Crippen LogP contribution in [0, 0.1) is 0 Å². The van der Waals surface area contributed by atoms with Crippen molar-refractivity contribution in [3.05, 3.63) is 23.8 Å². The van der Waals surface area contributed by atoms with Crippen LogP contribution in [0.15, 0.2) is 18.2 Å². The van der Waals surface area contributed by atoms with Gasteiger partial charge in [-0.05, 0) is 70.6 Å². The Hall–Kier alpha value is -1.79. The predicted octanol–water partition coefficient (Wildman–Crippen LogP) is 1.99. The first-order valence-electron chi connectivity index (χ1n) is 9.56. The van der Waals surface area contributed by atoms with Gasteiger partial charge in [0.15, 0.2) is 0 Å². The van der Waals surface area contributed by atoms with Crippen molar-refractivity contribution < 1.29 is 14.3 Å². The van der Waals surface area contributed by atoms with E-state index >= 15 is 0 Å². The molecule has 0 aromatic heterocycles. The van der Waals surface area contributed by atoms with Crippen molar-refractivity contribution in [1.82, 2.24) is 15.1 Å². The molecule has 2 fully saturated rings. The Morgan fingerprint density at radius 2 is 1.88 bits per heavy atom. The third-order valence-corrected chi connectivity index (χ3v) is 5.64. The van der Waals surface area contributed by atoms with Crippen molar-refractivity contribution in [3.8, 4) is 11.5 Å². The van der Waals surface area contributed by atoms with Crippen LogP contribution < -0.4 is 14.8 Å². The van der Waals surface area contributed by atoms with E-state index in [4.69, 9.17) is 9.47 Å². The lowest BCUT2D eigenvalue weighted by Crippen LogP contribution is -2.53. The molecule has 1 N–H and O–H groups in total. The van der Waals surface area contributed by atoms with Crippen molar-refractivity contribution in [2.75, 3.05) is 47.4 Å². The average molecular weight is 361 g/mol. The summed E-state index contributed by atoms with van der Waals surface area (Å²) in [6, 6.07) is 6.16. The number of nitrogens with zero attached hydrogens (tertiary/aromatic N) is 2. The SMILES string of the molecule is COc1ccc(OC)c(C(=O)N[C@@H]2CCCN(C3CCN(C)CC3)C2)c1. The monoisotopic (exact) mass is 361 g/mol. The maximum Gasteiger partial charge on any atom is 0.255 e. The lowest BCUT2D eigenvalue weighted by molar-refractivity contribution is 0.0764. The van der Waals surface area contributed by atoms with Gasteiger partial charge in [-0.2, -0.15) is 0 Å². The highest BCUT2D eigenvalue weighted by molar-refractivity contribution is 5.97. The summed E-state index contributed by atoms with van der Waals surface area (Å²) in [5, 5.41) is 3.21. The van der Waals surface area contributed by atoms with Crippen LogP contribution in [0.2, 0.25) is 0 Å². The van der Waals surface area contributed by atoms with E-state index in [9.17, 15) is 4.79 Å². The van der Waals surface area contributed by atoms with Gasteiger partial charge in [-0.25, -0.2) is 0 Å². The van der Waals surface area contributed by atoms with Crippen LogP contribution in [0.25, 0.3) is 0 Å². The molecule has 0 spiro atoms. The van der Waals surface area contributed by atoms with Crippen LogP contribution in [0.5, 0.6) is 11.5 Å². The lowest BCUT2D eigenvalue weighted by atomic mass is 9.98. The fourth-order valence-electron chi connectivity index (χ4n) is 4.07. The minimum atomic E-state index is -0.0871. The van der Waals surface area contributed by atoms with E-state index < -0.39 is 0 Å². The van der Waals surface area contributed by atoms with Gasteiger partial charge in [-0.15, -0.1) is 0 Å². The number of carbonyl (C=O) groups is 1. The molecule has 2 saturated heterocycles. The largest absolute Gasteiger partial charge is 0.497 e. The second-order valence-electron chi connectivity index (χ2n) is 7.41. The normalized spacial score (nSPS) is 22.8. The second-order valence-corrected chi connectivity index (χ2v) is 7.41. The van der Waals surface area contributed by atoms with Gasteiger partial charge in [-0.3, -0.25) is 9.69 Å². The molecule has 1 aromatic rings. The molecule has 2 aliphatic rings. The van der Waals surface area contributed by atoms with Crippen molar-refractivity contribution in [3.63, 3.8) is 0 Å². The second kappa shape index (κ2) is 8.73. The van der Waals surface area contributed by atoms with Gasteiger partial charge >= 0.3 is 0 Å². The zero-order valence-electron chi connectivity index (χ0n) is 16.2. The molecule has 2 heterocycles. The summed E-state index contributed by atoms with van der Waals surface area (Å²) in [6.07, 6.45) is 4.61. The molecule has 0 unspecified atom stereocenters. The number of rotatable bonds is 5. The van der Waals surface area contributed by atoms with E-state index in [1.165, 1.54) is 25.9 Å². The van der Waals surface area contributed by atoms with Gasteiger partial charge in [0.1, 0.15) is 11.5 Å². The van der Waals surface area contributed by atoms with E-state index in [0.29, 0.717) is 23.1 Å². The number of methoxy groups -OCH3 is 2. The van der Waals surface area contributed by atoms with Crippen LogP contribution >= 0.6 is 0 Å². The highest BCUT2D eigenvalue weighted by Gasteiger charge is 2.29. The summed E-state index contributed by atoms with van der Waals surface area (Å²) in [6.45, 7) is 4.41. The summed E-state index contributed by atoms with van der Waals surface area (Å²) in [5.41, 5.74) is 0.531. The predicted molar refractivity (Wildman–Crippen MR) is 102 cm³/mol. The molecule has 0 radical (unpaired) electrons. The molecule has 1 aromatic carbocycles. The van der Waals surface area contributed by atoms with Crippen molar-refractivity contribution in [1.29, 1.82) is 0 Å².